The Balaban J connectivity index is 2.10. The fraction of sp³-hybridized carbons (Fsp3) is 0.222. The number of nitriles is 1. The van der Waals surface area contributed by atoms with Gasteiger partial charge < -0.3 is 4.57 Å². The van der Waals surface area contributed by atoms with E-state index in [1.807, 2.05) is 18.2 Å². The molecule has 3 aromatic rings. The van der Waals surface area contributed by atoms with Gasteiger partial charge in [0.15, 0.2) is 0 Å². The van der Waals surface area contributed by atoms with Gasteiger partial charge in [-0.05, 0) is 29.7 Å². The molecule has 2 aromatic carbocycles. The third-order valence-electron chi connectivity index (χ3n) is 3.72. The lowest BCUT2D eigenvalue weighted by molar-refractivity contribution is 0.769. The van der Waals surface area contributed by atoms with Crippen LogP contribution in [0.4, 0.5) is 0 Å². The fourth-order valence-corrected chi connectivity index (χ4v) is 2.59. The van der Waals surface area contributed by atoms with Gasteiger partial charge in [0.05, 0.1) is 23.5 Å². The van der Waals surface area contributed by atoms with Crippen molar-refractivity contribution in [3.8, 4) is 6.07 Å². The minimum Gasteiger partial charge on any atom is -0.323 e. The Kier molecular flexibility index (Phi) is 3.70. The molecule has 0 spiro atoms. The molecule has 1 aromatic heterocycles. The third kappa shape index (κ3) is 2.66. The Bertz CT molecular complexity index is 794. The normalized spacial score (nSPS) is 10.7. The largest absolute Gasteiger partial charge is 0.323 e. The van der Waals surface area contributed by atoms with Gasteiger partial charge >= 0.3 is 0 Å². The van der Waals surface area contributed by atoms with Crippen LogP contribution in [0, 0.1) is 11.3 Å². The Morgan fingerprint density at radius 3 is 2.62 bits per heavy atom. The van der Waals surface area contributed by atoms with Crippen molar-refractivity contribution in [2.45, 2.75) is 26.3 Å². The predicted octanol–water partition coefficient (Wildman–Crippen LogP) is 3.71. The lowest BCUT2D eigenvalue weighted by Crippen LogP contribution is -2.04. The highest BCUT2D eigenvalue weighted by Crippen LogP contribution is 2.20. The Morgan fingerprint density at radius 2 is 1.90 bits per heavy atom. The van der Waals surface area contributed by atoms with Crippen molar-refractivity contribution < 1.29 is 0 Å². The monoisotopic (exact) mass is 275 g/mol. The molecule has 0 atom stereocenters. The first-order chi connectivity index (χ1) is 10.3. The van der Waals surface area contributed by atoms with Gasteiger partial charge in [-0.15, -0.1) is 0 Å². The summed E-state index contributed by atoms with van der Waals surface area (Å²) in [6.45, 7) is 2.89. The number of fused-ring (bicyclic) bond motifs is 1. The number of hydrogen-bond acceptors (Lipinski definition) is 2. The summed E-state index contributed by atoms with van der Waals surface area (Å²) in [7, 11) is 0. The minimum atomic E-state index is 0.336. The van der Waals surface area contributed by atoms with Crippen LogP contribution in [0.5, 0.6) is 0 Å². The second kappa shape index (κ2) is 5.80. The maximum absolute atomic E-state index is 9.03. The molecule has 0 aliphatic heterocycles. The van der Waals surface area contributed by atoms with E-state index in [0.29, 0.717) is 6.42 Å². The van der Waals surface area contributed by atoms with Crippen molar-refractivity contribution in [2.75, 3.05) is 0 Å². The first-order valence-electron chi connectivity index (χ1n) is 7.20. The Hall–Kier alpha value is -2.60. The lowest BCUT2D eigenvalue weighted by atomic mass is 10.1. The van der Waals surface area contributed by atoms with Crippen molar-refractivity contribution in [3.63, 3.8) is 0 Å². The summed E-state index contributed by atoms with van der Waals surface area (Å²) >= 11 is 0. The first-order valence-corrected chi connectivity index (χ1v) is 7.20. The van der Waals surface area contributed by atoms with Gasteiger partial charge in [-0.25, -0.2) is 4.98 Å². The van der Waals surface area contributed by atoms with Crippen LogP contribution in [0.2, 0.25) is 0 Å². The zero-order chi connectivity index (χ0) is 14.7. The van der Waals surface area contributed by atoms with E-state index in [2.05, 4.69) is 52.9 Å². The molecule has 0 unspecified atom stereocenters. The second-order valence-electron chi connectivity index (χ2n) is 5.11. The van der Waals surface area contributed by atoms with Crippen molar-refractivity contribution in [3.05, 3.63) is 65.5 Å². The van der Waals surface area contributed by atoms with E-state index in [1.54, 1.807) is 0 Å². The van der Waals surface area contributed by atoms with E-state index >= 15 is 0 Å². The van der Waals surface area contributed by atoms with E-state index in [0.717, 1.165) is 29.8 Å². The molecule has 0 aliphatic rings. The summed E-state index contributed by atoms with van der Waals surface area (Å²) in [4.78, 5) is 4.65. The molecule has 0 aliphatic carbocycles. The van der Waals surface area contributed by atoms with Gasteiger partial charge in [0, 0.05) is 6.54 Å². The SMILES string of the molecule is CCc1ccc2c(c1)nc(CC#N)n2Cc1ccccc1. The number of nitrogens with zero attached hydrogens (tertiary/aromatic N) is 3. The average Bonchev–Trinajstić information content (AvgIpc) is 2.85. The molecule has 0 N–H and O–H groups in total. The van der Waals surface area contributed by atoms with E-state index in [1.165, 1.54) is 11.1 Å². The van der Waals surface area contributed by atoms with E-state index < -0.39 is 0 Å². The molecule has 0 amide bonds. The van der Waals surface area contributed by atoms with Crippen LogP contribution in [0.25, 0.3) is 11.0 Å². The number of hydrogen-bond donors (Lipinski definition) is 0. The van der Waals surface area contributed by atoms with E-state index in [-0.39, 0.29) is 0 Å². The van der Waals surface area contributed by atoms with Gasteiger partial charge in [-0.1, -0.05) is 43.3 Å². The number of aryl methyl sites for hydroxylation is 1. The van der Waals surface area contributed by atoms with Crippen LogP contribution in [0.15, 0.2) is 48.5 Å². The van der Waals surface area contributed by atoms with Gasteiger partial charge in [-0.3, -0.25) is 0 Å². The molecule has 3 rings (SSSR count). The maximum atomic E-state index is 9.03. The summed E-state index contributed by atoms with van der Waals surface area (Å²) in [5.74, 6) is 0.838. The van der Waals surface area contributed by atoms with Crippen LogP contribution in [0.1, 0.15) is 23.9 Å². The molecule has 21 heavy (non-hydrogen) atoms. The lowest BCUT2D eigenvalue weighted by Gasteiger charge is -2.08. The average molecular weight is 275 g/mol. The van der Waals surface area contributed by atoms with Crippen LogP contribution >= 0.6 is 0 Å². The summed E-state index contributed by atoms with van der Waals surface area (Å²) in [6.07, 6.45) is 1.33. The first kappa shape index (κ1) is 13.4. The number of aromatic nitrogens is 2. The molecule has 0 fully saturated rings. The molecule has 1 heterocycles. The van der Waals surface area contributed by atoms with E-state index in [9.17, 15) is 0 Å². The highest BCUT2D eigenvalue weighted by Gasteiger charge is 2.11. The van der Waals surface area contributed by atoms with Crippen molar-refractivity contribution in [1.29, 1.82) is 5.26 Å². The van der Waals surface area contributed by atoms with Crippen molar-refractivity contribution >= 4 is 11.0 Å². The van der Waals surface area contributed by atoms with Crippen molar-refractivity contribution in [2.24, 2.45) is 0 Å². The zero-order valence-electron chi connectivity index (χ0n) is 12.1. The van der Waals surface area contributed by atoms with Crippen LogP contribution in [0.3, 0.4) is 0 Å². The number of rotatable bonds is 4. The summed E-state index contributed by atoms with van der Waals surface area (Å²) in [5.41, 5.74) is 4.57. The van der Waals surface area contributed by atoms with Crippen LogP contribution < -0.4 is 0 Å². The smallest absolute Gasteiger partial charge is 0.124 e. The predicted molar refractivity (Wildman–Crippen MR) is 84.0 cm³/mol. The van der Waals surface area contributed by atoms with Crippen LogP contribution in [-0.4, -0.2) is 9.55 Å². The summed E-state index contributed by atoms with van der Waals surface area (Å²) < 4.78 is 2.15. The quantitative estimate of drug-likeness (QED) is 0.728. The Labute approximate surface area is 124 Å². The molecule has 0 radical (unpaired) electrons. The Morgan fingerprint density at radius 1 is 1.10 bits per heavy atom. The molecular weight excluding hydrogens is 258 g/mol. The summed E-state index contributed by atoms with van der Waals surface area (Å²) in [6, 6.07) is 18.9. The number of benzene rings is 2. The number of imidazole rings is 1. The molecular formula is C18H17N3. The molecule has 3 nitrogen and oxygen atoms in total. The van der Waals surface area contributed by atoms with Crippen LogP contribution in [-0.2, 0) is 19.4 Å². The molecule has 0 bridgehead atoms. The standard InChI is InChI=1S/C18H17N3/c1-2-14-8-9-17-16(12-14)20-18(10-11-19)21(17)13-15-6-4-3-5-7-15/h3-9,12H,2,10,13H2,1H3. The zero-order valence-corrected chi connectivity index (χ0v) is 12.1. The molecule has 0 saturated heterocycles. The van der Waals surface area contributed by atoms with Gasteiger partial charge in [-0.2, -0.15) is 5.26 Å². The second-order valence-corrected chi connectivity index (χ2v) is 5.11. The molecule has 0 saturated carbocycles. The van der Waals surface area contributed by atoms with Gasteiger partial charge in [0.2, 0.25) is 0 Å². The topological polar surface area (TPSA) is 41.6 Å². The summed E-state index contributed by atoms with van der Waals surface area (Å²) in [5, 5.41) is 9.03. The maximum Gasteiger partial charge on any atom is 0.124 e. The third-order valence-corrected chi connectivity index (χ3v) is 3.72. The highest BCUT2D eigenvalue weighted by molar-refractivity contribution is 5.77. The van der Waals surface area contributed by atoms with Gasteiger partial charge in [0.1, 0.15) is 5.82 Å². The highest BCUT2D eigenvalue weighted by atomic mass is 15.1. The van der Waals surface area contributed by atoms with E-state index in [4.69, 9.17) is 5.26 Å². The minimum absolute atomic E-state index is 0.336. The van der Waals surface area contributed by atoms with Crippen molar-refractivity contribution in [1.82, 2.24) is 9.55 Å². The molecule has 104 valence electrons. The molecule has 3 heteroatoms. The van der Waals surface area contributed by atoms with Gasteiger partial charge in [0.25, 0.3) is 0 Å². The fourth-order valence-electron chi connectivity index (χ4n) is 2.59.